The predicted octanol–water partition coefficient (Wildman–Crippen LogP) is 4.25. The molecular formula is C14H18Cl2N2O. The average Bonchev–Trinajstić information content (AvgIpc) is 2.78. The smallest absolute Gasteiger partial charge is 0.124 e. The minimum atomic E-state index is 0.406. The number of hydrogen-bond acceptors (Lipinski definition) is 2. The molecule has 0 saturated heterocycles. The van der Waals surface area contributed by atoms with E-state index in [1.165, 1.54) is 0 Å². The second-order valence-electron chi connectivity index (χ2n) is 4.47. The summed E-state index contributed by atoms with van der Waals surface area (Å²) in [5, 5.41) is 0.734. The number of unbranched alkanes of at least 4 members (excludes halogenated alkanes) is 2. The van der Waals surface area contributed by atoms with Crippen LogP contribution >= 0.6 is 23.2 Å². The Morgan fingerprint density at radius 3 is 2.84 bits per heavy atom. The highest BCUT2D eigenvalue weighted by molar-refractivity contribution is 6.35. The number of fused-ring (bicyclic) bond motifs is 1. The predicted molar refractivity (Wildman–Crippen MR) is 80.0 cm³/mol. The number of alkyl halides is 1. The molecule has 0 unspecified atom stereocenters. The average molecular weight is 301 g/mol. The number of ether oxygens (including phenoxy) is 1. The Balaban J connectivity index is 2.15. The molecule has 0 radical (unpaired) electrons. The summed E-state index contributed by atoms with van der Waals surface area (Å²) in [6.45, 7) is 1.71. The van der Waals surface area contributed by atoms with Crippen molar-refractivity contribution in [2.24, 2.45) is 0 Å². The SMILES string of the molecule is COCCCCCn1c(CCl)nc2cccc(Cl)c21. The molecule has 0 fully saturated rings. The fourth-order valence-electron chi connectivity index (χ4n) is 2.23. The van der Waals surface area contributed by atoms with Gasteiger partial charge in [-0.3, -0.25) is 0 Å². The van der Waals surface area contributed by atoms with Gasteiger partial charge in [-0.1, -0.05) is 17.7 Å². The third-order valence-corrected chi connectivity index (χ3v) is 3.69. The van der Waals surface area contributed by atoms with Crippen LogP contribution in [-0.2, 0) is 17.2 Å². The number of hydrogen-bond donors (Lipinski definition) is 0. The van der Waals surface area contributed by atoms with E-state index in [-0.39, 0.29) is 0 Å². The molecule has 1 aromatic heterocycles. The van der Waals surface area contributed by atoms with Gasteiger partial charge in [-0.05, 0) is 31.4 Å². The Morgan fingerprint density at radius 2 is 2.11 bits per heavy atom. The van der Waals surface area contributed by atoms with E-state index < -0.39 is 0 Å². The van der Waals surface area contributed by atoms with Crippen molar-refractivity contribution >= 4 is 34.2 Å². The lowest BCUT2D eigenvalue weighted by atomic mass is 10.2. The van der Waals surface area contributed by atoms with E-state index in [0.29, 0.717) is 5.88 Å². The Hall–Kier alpha value is -0.770. The molecule has 0 aliphatic rings. The summed E-state index contributed by atoms with van der Waals surface area (Å²) in [6, 6.07) is 5.78. The van der Waals surface area contributed by atoms with Gasteiger partial charge in [-0.2, -0.15) is 0 Å². The van der Waals surface area contributed by atoms with Crippen molar-refractivity contribution in [3.05, 3.63) is 29.0 Å². The molecule has 1 aromatic carbocycles. The summed E-state index contributed by atoms with van der Waals surface area (Å²) < 4.78 is 7.19. The number of halogens is 2. The maximum absolute atomic E-state index is 6.27. The van der Waals surface area contributed by atoms with Gasteiger partial charge >= 0.3 is 0 Å². The van der Waals surface area contributed by atoms with E-state index in [4.69, 9.17) is 27.9 Å². The minimum absolute atomic E-state index is 0.406. The summed E-state index contributed by atoms with van der Waals surface area (Å²) in [6.07, 6.45) is 3.27. The van der Waals surface area contributed by atoms with Crippen LogP contribution in [0.1, 0.15) is 25.1 Å². The first-order valence-electron chi connectivity index (χ1n) is 6.46. The zero-order chi connectivity index (χ0) is 13.7. The molecule has 0 N–H and O–H groups in total. The highest BCUT2D eigenvalue weighted by Gasteiger charge is 2.12. The number of aromatic nitrogens is 2. The first kappa shape index (κ1) is 14.6. The molecular weight excluding hydrogens is 283 g/mol. The quantitative estimate of drug-likeness (QED) is 0.565. The molecule has 1 heterocycles. The number of imidazole rings is 1. The zero-order valence-corrected chi connectivity index (χ0v) is 12.5. The molecule has 2 rings (SSSR count). The normalized spacial score (nSPS) is 11.3. The van der Waals surface area contributed by atoms with Crippen molar-refractivity contribution in [2.75, 3.05) is 13.7 Å². The first-order chi connectivity index (χ1) is 9.27. The van der Waals surface area contributed by atoms with E-state index in [1.807, 2.05) is 18.2 Å². The standard InChI is InChI=1S/C14H18Cl2N2O/c1-19-9-4-2-3-8-18-13(10-15)17-12-7-5-6-11(16)14(12)18/h5-7H,2-4,8-10H2,1H3. The molecule has 0 atom stereocenters. The number of methoxy groups -OCH3 is 1. The van der Waals surface area contributed by atoms with Crippen LogP contribution in [0, 0.1) is 0 Å². The summed E-state index contributed by atoms with van der Waals surface area (Å²) in [5.41, 5.74) is 1.91. The van der Waals surface area contributed by atoms with Crippen molar-refractivity contribution in [2.45, 2.75) is 31.7 Å². The largest absolute Gasteiger partial charge is 0.385 e. The maximum atomic E-state index is 6.27. The van der Waals surface area contributed by atoms with E-state index >= 15 is 0 Å². The topological polar surface area (TPSA) is 27.1 Å². The molecule has 104 valence electrons. The molecule has 3 nitrogen and oxygen atoms in total. The van der Waals surface area contributed by atoms with E-state index in [9.17, 15) is 0 Å². The lowest BCUT2D eigenvalue weighted by molar-refractivity contribution is 0.191. The van der Waals surface area contributed by atoms with Crippen LogP contribution in [0.15, 0.2) is 18.2 Å². The van der Waals surface area contributed by atoms with Crippen LogP contribution < -0.4 is 0 Å². The van der Waals surface area contributed by atoms with Gasteiger partial charge in [0.1, 0.15) is 5.82 Å². The zero-order valence-electron chi connectivity index (χ0n) is 11.0. The van der Waals surface area contributed by atoms with E-state index in [2.05, 4.69) is 9.55 Å². The molecule has 5 heteroatoms. The second-order valence-corrected chi connectivity index (χ2v) is 5.15. The van der Waals surface area contributed by atoms with E-state index in [0.717, 1.165) is 54.3 Å². The summed E-state index contributed by atoms with van der Waals surface area (Å²) in [5.74, 6) is 1.29. The summed E-state index contributed by atoms with van der Waals surface area (Å²) >= 11 is 12.2. The highest BCUT2D eigenvalue weighted by Crippen LogP contribution is 2.25. The van der Waals surface area contributed by atoms with E-state index in [1.54, 1.807) is 7.11 Å². The van der Waals surface area contributed by atoms with Crippen molar-refractivity contribution in [3.63, 3.8) is 0 Å². The fraction of sp³-hybridized carbons (Fsp3) is 0.500. The summed E-state index contributed by atoms with van der Waals surface area (Å²) in [4.78, 5) is 4.53. The molecule has 0 amide bonds. The van der Waals surface area contributed by atoms with Crippen LogP contribution in [0.25, 0.3) is 11.0 Å². The Kier molecular flexibility index (Phi) is 5.49. The lowest BCUT2D eigenvalue weighted by Gasteiger charge is -2.08. The van der Waals surface area contributed by atoms with Crippen LogP contribution in [0.2, 0.25) is 5.02 Å². The Bertz CT molecular complexity index is 539. The van der Waals surface area contributed by atoms with Crippen molar-refractivity contribution in [1.29, 1.82) is 0 Å². The third-order valence-electron chi connectivity index (χ3n) is 3.15. The second kappa shape index (κ2) is 7.13. The van der Waals surface area contributed by atoms with Gasteiger partial charge in [0.25, 0.3) is 0 Å². The van der Waals surface area contributed by atoms with Gasteiger partial charge in [0.2, 0.25) is 0 Å². The number of benzene rings is 1. The Labute approximate surface area is 123 Å². The molecule has 0 bridgehead atoms. The maximum Gasteiger partial charge on any atom is 0.124 e. The van der Waals surface area contributed by atoms with Gasteiger partial charge in [0.05, 0.1) is 21.9 Å². The highest BCUT2D eigenvalue weighted by atomic mass is 35.5. The molecule has 0 aliphatic carbocycles. The van der Waals surface area contributed by atoms with Gasteiger partial charge in [0, 0.05) is 20.3 Å². The number of nitrogens with zero attached hydrogens (tertiary/aromatic N) is 2. The van der Waals surface area contributed by atoms with Gasteiger partial charge < -0.3 is 9.30 Å². The molecule has 19 heavy (non-hydrogen) atoms. The third kappa shape index (κ3) is 3.41. The van der Waals surface area contributed by atoms with Crippen LogP contribution in [0.4, 0.5) is 0 Å². The Morgan fingerprint density at radius 1 is 1.26 bits per heavy atom. The van der Waals surface area contributed by atoms with Gasteiger partial charge in [-0.25, -0.2) is 4.98 Å². The van der Waals surface area contributed by atoms with Gasteiger partial charge in [-0.15, -0.1) is 11.6 Å². The van der Waals surface area contributed by atoms with Crippen LogP contribution in [0.5, 0.6) is 0 Å². The monoisotopic (exact) mass is 300 g/mol. The molecule has 0 aliphatic heterocycles. The summed E-state index contributed by atoms with van der Waals surface area (Å²) in [7, 11) is 1.73. The lowest BCUT2D eigenvalue weighted by Crippen LogP contribution is -2.03. The number of para-hydroxylation sites is 1. The molecule has 0 spiro atoms. The molecule has 0 saturated carbocycles. The number of rotatable bonds is 7. The fourth-order valence-corrected chi connectivity index (χ4v) is 2.70. The van der Waals surface area contributed by atoms with Crippen molar-refractivity contribution < 1.29 is 4.74 Å². The first-order valence-corrected chi connectivity index (χ1v) is 7.37. The van der Waals surface area contributed by atoms with Crippen molar-refractivity contribution in [3.8, 4) is 0 Å². The number of aryl methyl sites for hydroxylation is 1. The van der Waals surface area contributed by atoms with Crippen LogP contribution in [-0.4, -0.2) is 23.3 Å². The van der Waals surface area contributed by atoms with Gasteiger partial charge in [0.15, 0.2) is 0 Å². The van der Waals surface area contributed by atoms with Crippen molar-refractivity contribution in [1.82, 2.24) is 9.55 Å². The minimum Gasteiger partial charge on any atom is -0.385 e. The molecule has 2 aromatic rings. The van der Waals surface area contributed by atoms with Crippen LogP contribution in [0.3, 0.4) is 0 Å².